The van der Waals surface area contributed by atoms with Crippen molar-refractivity contribution < 1.29 is 18.3 Å². The van der Waals surface area contributed by atoms with Gasteiger partial charge in [-0.2, -0.15) is 9.57 Å². The number of rotatable bonds is 6. The Kier molecular flexibility index (Phi) is 4.97. The maximum Gasteiger partial charge on any atom is 0.318 e. The van der Waals surface area contributed by atoms with Gasteiger partial charge >= 0.3 is 5.97 Å². The lowest BCUT2D eigenvalue weighted by Crippen LogP contribution is -2.40. The Labute approximate surface area is 88.5 Å². The Morgan fingerprint density at radius 2 is 2.27 bits per heavy atom. The predicted octanol–water partition coefficient (Wildman–Crippen LogP) is -0.199. The van der Waals surface area contributed by atoms with Crippen molar-refractivity contribution in [3.63, 3.8) is 0 Å². The number of sulfonamides is 1. The molecule has 0 rings (SSSR count). The average Bonchev–Trinajstić information content (AvgIpc) is 2.15. The molecule has 6 nitrogen and oxygen atoms in total. The third-order valence-electron chi connectivity index (χ3n) is 1.63. The lowest BCUT2D eigenvalue weighted by molar-refractivity contribution is -0.137. The fraction of sp³-hybridized carbons (Fsp3) is 0.500. The minimum absolute atomic E-state index is 0.124. The van der Waals surface area contributed by atoms with E-state index in [1.165, 1.54) is 13.0 Å². The molecule has 0 heterocycles. The van der Waals surface area contributed by atoms with E-state index >= 15 is 0 Å². The highest BCUT2D eigenvalue weighted by molar-refractivity contribution is 7.90. The van der Waals surface area contributed by atoms with E-state index in [0.29, 0.717) is 4.31 Å². The highest BCUT2D eigenvalue weighted by Crippen LogP contribution is 2.07. The average molecular weight is 232 g/mol. The van der Waals surface area contributed by atoms with Gasteiger partial charge in [-0.25, -0.2) is 8.42 Å². The molecule has 0 aromatic rings. The quantitative estimate of drug-likeness (QED) is 0.639. The zero-order valence-corrected chi connectivity index (χ0v) is 9.07. The van der Waals surface area contributed by atoms with Gasteiger partial charge in [-0.15, -0.1) is 6.58 Å². The van der Waals surface area contributed by atoms with Gasteiger partial charge in [-0.05, 0) is 6.92 Å². The molecule has 0 bridgehead atoms. The molecule has 0 fully saturated rings. The smallest absolute Gasteiger partial charge is 0.318 e. The lowest BCUT2D eigenvalue weighted by atomic mass is 10.5. The first-order valence-corrected chi connectivity index (χ1v) is 5.57. The van der Waals surface area contributed by atoms with Crippen LogP contribution in [0.2, 0.25) is 0 Å². The second-order valence-corrected chi connectivity index (χ2v) is 5.04. The number of aliphatic carboxylic acids is 1. The Balaban J connectivity index is 4.99. The van der Waals surface area contributed by atoms with Gasteiger partial charge in [0.1, 0.15) is 6.54 Å². The van der Waals surface area contributed by atoms with Crippen LogP contribution in [0.5, 0.6) is 0 Å². The standard InChI is InChI=1S/C8H12N2O4S/c1-3-4-10(6-8(11)12)15(13,14)7(2)5-9/h3,7H,1,4,6H2,2H3,(H,11,12). The molecule has 7 heteroatoms. The molecular weight excluding hydrogens is 220 g/mol. The molecule has 0 radical (unpaired) electrons. The van der Waals surface area contributed by atoms with E-state index < -0.39 is 27.8 Å². The van der Waals surface area contributed by atoms with E-state index in [9.17, 15) is 13.2 Å². The number of hydrogen-bond acceptors (Lipinski definition) is 4. The SMILES string of the molecule is C=CCN(CC(=O)O)S(=O)(=O)C(C)C#N. The molecule has 15 heavy (non-hydrogen) atoms. The summed E-state index contributed by atoms with van der Waals surface area (Å²) in [7, 11) is -3.89. The largest absolute Gasteiger partial charge is 0.480 e. The van der Waals surface area contributed by atoms with Gasteiger partial charge in [0, 0.05) is 6.54 Å². The summed E-state index contributed by atoms with van der Waals surface area (Å²) in [5.74, 6) is -1.27. The van der Waals surface area contributed by atoms with E-state index in [-0.39, 0.29) is 6.54 Å². The van der Waals surface area contributed by atoms with Crippen LogP contribution < -0.4 is 0 Å². The van der Waals surface area contributed by atoms with Crippen LogP contribution in [0.25, 0.3) is 0 Å². The Morgan fingerprint density at radius 1 is 1.73 bits per heavy atom. The number of carbonyl (C=O) groups is 1. The van der Waals surface area contributed by atoms with Crippen molar-refractivity contribution in [2.24, 2.45) is 0 Å². The Hall–Kier alpha value is -1.39. The van der Waals surface area contributed by atoms with Crippen LogP contribution in [-0.4, -0.2) is 42.1 Å². The van der Waals surface area contributed by atoms with Gasteiger partial charge in [0.2, 0.25) is 10.0 Å². The van der Waals surface area contributed by atoms with Crippen molar-refractivity contribution >= 4 is 16.0 Å². The number of carboxylic acids is 1. The van der Waals surface area contributed by atoms with E-state index in [2.05, 4.69) is 6.58 Å². The van der Waals surface area contributed by atoms with Gasteiger partial charge in [0.05, 0.1) is 6.07 Å². The maximum absolute atomic E-state index is 11.6. The van der Waals surface area contributed by atoms with Crippen LogP contribution in [0.4, 0.5) is 0 Å². The van der Waals surface area contributed by atoms with Crippen molar-refractivity contribution in [2.75, 3.05) is 13.1 Å². The van der Waals surface area contributed by atoms with Gasteiger partial charge in [0.15, 0.2) is 5.25 Å². The summed E-state index contributed by atoms with van der Waals surface area (Å²) in [6.45, 7) is 3.74. The van der Waals surface area contributed by atoms with E-state index in [4.69, 9.17) is 10.4 Å². The lowest BCUT2D eigenvalue weighted by Gasteiger charge is -2.19. The summed E-state index contributed by atoms with van der Waals surface area (Å²) >= 11 is 0. The third kappa shape index (κ3) is 3.69. The number of nitriles is 1. The minimum atomic E-state index is -3.89. The molecule has 0 spiro atoms. The van der Waals surface area contributed by atoms with Crippen molar-refractivity contribution in [2.45, 2.75) is 12.2 Å². The van der Waals surface area contributed by atoms with E-state index in [1.807, 2.05) is 0 Å². The predicted molar refractivity (Wildman–Crippen MR) is 53.4 cm³/mol. The Morgan fingerprint density at radius 3 is 2.60 bits per heavy atom. The monoisotopic (exact) mass is 232 g/mol. The van der Waals surface area contributed by atoms with Crippen LogP contribution in [0.15, 0.2) is 12.7 Å². The fourth-order valence-corrected chi connectivity index (χ4v) is 2.03. The molecule has 0 aliphatic carbocycles. The third-order valence-corrected chi connectivity index (χ3v) is 3.63. The zero-order chi connectivity index (χ0) is 12.1. The zero-order valence-electron chi connectivity index (χ0n) is 8.25. The summed E-state index contributed by atoms with van der Waals surface area (Å²) in [6, 6.07) is 1.56. The first-order valence-electron chi connectivity index (χ1n) is 4.07. The van der Waals surface area contributed by atoms with Crippen molar-refractivity contribution in [1.82, 2.24) is 4.31 Å². The van der Waals surface area contributed by atoms with Crippen molar-refractivity contribution in [3.05, 3.63) is 12.7 Å². The van der Waals surface area contributed by atoms with Crippen LogP contribution in [0, 0.1) is 11.3 Å². The topological polar surface area (TPSA) is 98.5 Å². The molecule has 84 valence electrons. The number of carboxylic acid groups (broad SMARTS) is 1. The van der Waals surface area contributed by atoms with Crippen LogP contribution in [0.1, 0.15) is 6.92 Å². The highest BCUT2D eigenvalue weighted by Gasteiger charge is 2.29. The van der Waals surface area contributed by atoms with Crippen molar-refractivity contribution in [3.8, 4) is 6.07 Å². The summed E-state index contributed by atoms with van der Waals surface area (Å²) in [5.41, 5.74) is 0. The highest BCUT2D eigenvalue weighted by atomic mass is 32.2. The maximum atomic E-state index is 11.6. The summed E-state index contributed by atoms with van der Waals surface area (Å²) in [4.78, 5) is 10.4. The van der Waals surface area contributed by atoms with Gasteiger partial charge in [-0.3, -0.25) is 4.79 Å². The number of hydrogen-bond donors (Lipinski definition) is 1. The fourth-order valence-electron chi connectivity index (χ4n) is 0.843. The molecule has 0 amide bonds. The first kappa shape index (κ1) is 13.6. The second kappa shape index (κ2) is 5.48. The van der Waals surface area contributed by atoms with Crippen molar-refractivity contribution in [1.29, 1.82) is 5.26 Å². The summed E-state index contributed by atoms with van der Waals surface area (Å²) in [6.07, 6.45) is 1.27. The van der Waals surface area contributed by atoms with Gasteiger partial charge in [-0.1, -0.05) is 6.08 Å². The second-order valence-electron chi connectivity index (χ2n) is 2.79. The summed E-state index contributed by atoms with van der Waals surface area (Å²) in [5, 5.41) is 15.7. The molecule has 1 atom stereocenters. The molecule has 0 aliphatic rings. The van der Waals surface area contributed by atoms with Crippen LogP contribution in [0.3, 0.4) is 0 Å². The first-order chi connectivity index (χ1) is 6.86. The normalized spacial score (nSPS) is 13.1. The molecule has 0 aromatic heterocycles. The van der Waals surface area contributed by atoms with Crippen LogP contribution in [-0.2, 0) is 14.8 Å². The molecule has 1 N–H and O–H groups in total. The van der Waals surface area contributed by atoms with Gasteiger partial charge < -0.3 is 5.11 Å². The molecule has 0 aliphatic heterocycles. The van der Waals surface area contributed by atoms with Gasteiger partial charge in [0.25, 0.3) is 0 Å². The number of nitrogens with zero attached hydrogens (tertiary/aromatic N) is 2. The molecule has 0 aromatic carbocycles. The molecule has 0 saturated heterocycles. The summed E-state index contributed by atoms with van der Waals surface area (Å²) < 4.78 is 23.9. The Bertz CT molecular complexity index is 382. The molecule has 0 saturated carbocycles. The van der Waals surface area contributed by atoms with E-state index in [0.717, 1.165) is 0 Å². The minimum Gasteiger partial charge on any atom is -0.480 e. The van der Waals surface area contributed by atoms with E-state index in [1.54, 1.807) is 6.07 Å². The molecule has 1 unspecified atom stereocenters. The van der Waals surface area contributed by atoms with Crippen LogP contribution >= 0.6 is 0 Å². The molecular formula is C8H12N2O4S.